The zero-order valence-corrected chi connectivity index (χ0v) is 12.9. The third-order valence-electron chi connectivity index (χ3n) is 2.93. The number of benzene rings is 2. The number of carbonyl (C=O) groups excluding carboxylic acids is 2. The molecule has 2 amide bonds. The van der Waals surface area contributed by atoms with Gasteiger partial charge in [0.2, 0.25) is 5.91 Å². The maximum atomic E-state index is 13.8. The third kappa shape index (κ3) is 4.54. The van der Waals surface area contributed by atoms with Gasteiger partial charge in [-0.3, -0.25) is 9.59 Å². The summed E-state index contributed by atoms with van der Waals surface area (Å²) in [5.74, 6) is -1.14. The van der Waals surface area contributed by atoms with E-state index in [4.69, 9.17) is 4.74 Å². The van der Waals surface area contributed by atoms with Crippen LogP contribution in [0.1, 0.15) is 24.2 Å². The molecule has 23 heavy (non-hydrogen) atoms. The Labute approximate surface area is 133 Å². The minimum atomic E-state index is -0.591. The average molecular weight is 316 g/mol. The number of rotatable bonds is 5. The lowest BCUT2D eigenvalue weighted by Crippen LogP contribution is -2.13. The van der Waals surface area contributed by atoms with Crippen LogP contribution in [0.5, 0.6) is 5.75 Å². The second-order valence-electron chi connectivity index (χ2n) is 4.79. The number of nitrogens with one attached hydrogen (secondary N) is 2. The Morgan fingerprint density at radius 1 is 1.09 bits per heavy atom. The van der Waals surface area contributed by atoms with E-state index in [-0.39, 0.29) is 17.2 Å². The van der Waals surface area contributed by atoms with Crippen LogP contribution in [0.15, 0.2) is 42.5 Å². The van der Waals surface area contributed by atoms with Crippen molar-refractivity contribution in [3.63, 3.8) is 0 Å². The van der Waals surface area contributed by atoms with E-state index in [1.807, 2.05) is 0 Å². The van der Waals surface area contributed by atoms with E-state index in [1.54, 1.807) is 31.2 Å². The summed E-state index contributed by atoms with van der Waals surface area (Å²) in [5, 5.41) is 5.27. The van der Waals surface area contributed by atoms with Gasteiger partial charge < -0.3 is 15.4 Å². The minimum Gasteiger partial charge on any atom is -0.491 e. The average Bonchev–Trinajstić information content (AvgIpc) is 2.49. The van der Waals surface area contributed by atoms with Gasteiger partial charge >= 0.3 is 0 Å². The van der Waals surface area contributed by atoms with Crippen molar-refractivity contribution in [2.24, 2.45) is 0 Å². The van der Waals surface area contributed by atoms with Gasteiger partial charge in [-0.05, 0) is 43.3 Å². The maximum Gasteiger partial charge on any atom is 0.255 e. The second kappa shape index (κ2) is 7.40. The van der Waals surface area contributed by atoms with Crippen LogP contribution >= 0.6 is 0 Å². The molecule has 6 heteroatoms. The number of hydrogen-bond donors (Lipinski definition) is 2. The lowest BCUT2D eigenvalue weighted by Gasteiger charge is -2.09. The zero-order chi connectivity index (χ0) is 16.8. The van der Waals surface area contributed by atoms with E-state index in [1.165, 1.54) is 19.1 Å². The smallest absolute Gasteiger partial charge is 0.255 e. The van der Waals surface area contributed by atoms with Crippen LogP contribution in [-0.4, -0.2) is 18.4 Å². The SMILES string of the molecule is CCOc1ccc(C(=O)Nc2cccc(NC(C)=O)c2)cc1F. The van der Waals surface area contributed by atoms with Crippen LogP contribution in [0.2, 0.25) is 0 Å². The fourth-order valence-electron chi connectivity index (χ4n) is 2.00. The molecule has 0 fully saturated rings. The molecule has 5 nitrogen and oxygen atoms in total. The highest BCUT2D eigenvalue weighted by Gasteiger charge is 2.11. The summed E-state index contributed by atoms with van der Waals surface area (Å²) in [6.45, 7) is 3.49. The molecule has 0 aliphatic heterocycles. The molecule has 0 spiro atoms. The number of carbonyl (C=O) groups is 2. The van der Waals surface area contributed by atoms with Crippen molar-refractivity contribution in [1.29, 1.82) is 0 Å². The Hall–Kier alpha value is -2.89. The zero-order valence-electron chi connectivity index (χ0n) is 12.9. The fraction of sp³-hybridized carbons (Fsp3) is 0.176. The summed E-state index contributed by atoms with van der Waals surface area (Å²) in [5.41, 5.74) is 1.24. The molecule has 0 bridgehead atoms. The predicted molar refractivity (Wildman–Crippen MR) is 86.3 cm³/mol. The molecule has 120 valence electrons. The van der Waals surface area contributed by atoms with E-state index in [0.717, 1.165) is 6.07 Å². The van der Waals surface area contributed by atoms with Gasteiger partial charge in [0.15, 0.2) is 11.6 Å². The molecule has 0 atom stereocenters. The highest BCUT2D eigenvalue weighted by molar-refractivity contribution is 6.04. The van der Waals surface area contributed by atoms with E-state index < -0.39 is 11.7 Å². The first-order chi connectivity index (χ1) is 11.0. The Balaban J connectivity index is 2.12. The van der Waals surface area contributed by atoms with Crippen molar-refractivity contribution in [2.45, 2.75) is 13.8 Å². The first-order valence-electron chi connectivity index (χ1n) is 7.11. The van der Waals surface area contributed by atoms with E-state index >= 15 is 0 Å². The fourth-order valence-corrected chi connectivity index (χ4v) is 2.00. The number of amides is 2. The van der Waals surface area contributed by atoms with E-state index in [2.05, 4.69) is 10.6 Å². The number of hydrogen-bond acceptors (Lipinski definition) is 3. The molecule has 0 aliphatic rings. The van der Waals surface area contributed by atoms with Crippen LogP contribution in [0.3, 0.4) is 0 Å². The molecule has 0 radical (unpaired) electrons. The normalized spacial score (nSPS) is 10.0. The molecular weight excluding hydrogens is 299 g/mol. The molecule has 2 aromatic rings. The predicted octanol–water partition coefficient (Wildman–Crippen LogP) is 3.44. The summed E-state index contributed by atoms with van der Waals surface area (Å²) >= 11 is 0. The molecule has 0 unspecified atom stereocenters. The molecule has 2 aromatic carbocycles. The van der Waals surface area contributed by atoms with Crippen LogP contribution in [0, 0.1) is 5.82 Å². The quantitative estimate of drug-likeness (QED) is 0.888. The third-order valence-corrected chi connectivity index (χ3v) is 2.93. The summed E-state index contributed by atoms with van der Waals surface area (Å²) in [4.78, 5) is 23.2. The van der Waals surface area contributed by atoms with Gasteiger partial charge in [-0.15, -0.1) is 0 Å². The summed E-state index contributed by atoms with van der Waals surface area (Å²) in [6.07, 6.45) is 0. The van der Waals surface area contributed by atoms with Gasteiger partial charge in [0, 0.05) is 23.9 Å². The first kappa shape index (κ1) is 16.5. The standard InChI is InChI=1S/C17H17FN2O3/c1-3-23-16-8-7-12(9-15(16)18)17(22)20-14-6-4-5-13(10-14)19-11(2)21/h4-10H,3H2,1-2H3,(H,19,21)(H,20,22). The molecule has 2 N–H and O–H groups in total. The van der Waals surface area contributed by atoms with Crippen molar-refractivity contribution in [3.8, 4) is 5.75 Å². The second-order valence-corrected chi connectivity index (χ2v) is 4.79. The van der Waals surface area contributed by atoms with Crippen molar-refractivity contribution < 1.29 is 18.7 Å². The van der Waals surface area contributed by atoms with Gasteiger partial charge in [-0.1, -0.05) is 6.07 Å². The van der Waals surface area contributed by atoms with Crippen LogP contribution in [0.4, 0.5) is 15.8 Å². The highest BCUT2D eigenvalue weighted by Crippen LogP contribution is 2.20. The van der Waals surface area contributed by atoms with Gasteiger partial charge in [-0.25, -0.2) is 4.39 Å². The summed E-state index contributed by atoms with van der Waals surface area (Å²) < 4.78 is 18.9. The number of anilines is 2. The largest absolute Gasteiger partial charge is 0.491 e. The Morgan fingerprint density at radius 3 is 2.39 bits per heavy atom. The Kier molecular flexibility index (Phi) is 5.30. The van der Waals surface area contributed by atoms with Crippen molar-refractivity contribution >= 4 is 23.2 Å². The Bertz CT molecular complexity index is 732. The summed E-state index contributed by atoms with van der Waals surface area (Å²) in [7, 11) is 0. The van der Waals surface area contributed by atoms with Crippen LogP contribution in [-0.2, 0) is 4.79 Å². The number of ether oxygens (including phenoxy) is 1. The Morgan fingerprint density at radius 2 is 1.78 bits per heavy atom. The maximum absolute atomic E-state index is 13.8. The number of halogens is 1. The van der Waals surface area contributed by atoms with E-state index in [9.17, 15) is 14.0 Å². The van der Waals surface area contributed by atoms with Crippen molar-refractivity contribution in [2.75, 3.05) is 17.2 Å². The lowest BCUT2D eigenvalue weighted by molar-refractivity contribution is -0.114. The van der Waals surface area contributed by atoms with Gasteiger partial charge in [0.25, 0.3) is 5.91 Å². The van der Waals surface area contributed by atoms with Crippen molar-refractivity contribution in [1.82, 2.24) is 0 Å². The molecule has 0 aliphatic carbocycles. The van der Waals surface area contributed by atoms with Crippen LogP contribution < -0.4 is 15.4 Å². The monoisotopic (exact) mass is 316 g/mol. The van der Waals surface area contributed by atoms with E-state index in [0.29, 0.717) is 18.0 Å². The van der Waals surface area contributed by atoms with Gasteiger partial charge in [-0.2, -0.15) is 0 Å². The van der Waals surface area contributed by atoms with Gasteiger partial charge in [0.05, 0.1) is 6.61 Å². The van der Waals surface area contributed by atoms with Gasteiger partial charge in [0.1, 0.15) is 0 Å². The molecule has 0 saturated carbocycles. The minimum absolute atomic E-state index is 0.108. The lowest BCUT2D eigenvalue weighted by atomic mass is 10.2. The molecule has 2 rings (SSSR count). The first-order valence-corrected chi connectivity index (χ1v) is 7.11. The topological polar surface area (TPSA) is 67.4 Å². The summed E-state index contributed by atoms with van der Waals surface area (Å²) in [6, 6.07) is 10.7. The molecule has 0 aromatic heterocycles. The molecular formula is C17H17FN2O3. The molecule has 0 heterocycles. The van der Waals surface area contributed by atoms with Crippen LogP contribution in [0.25, 0.3) is 0 Å². The molecule has 0 saturated heterocycles. The van der Waals surface area contributed by atoms with Crippen molar-refractivity contribution in [3.05, 3.63) is 53.8 Å². The highest BCUT2D eigenvalue weighted by atomic mass is 19.1.